The Morgan fingerprint density at radius 2 is 1.68 bits per heavy atom. The molecule has 0 radical (unpaired) electrons. The van der Waals surface area contributed by atoms with E-state index in [0.29, 0.717) is 23.8 Å². The summed E-state index contributed by atoms with van der Waals surface area (Å²) in [7, 11) is 0.111. The minimum atomic E-state index is -3.76. The summed E-state index contributed by atoms with van der Waals surface area (Å²) in [6.07, 6.45) is -0.436. The highest BCUT2D eigenvalue weighted by Gasteiger charge is 2.31. The average molecular weight is 546 g/mol. The molecule has 2 heterocycles. The fraction of sp³-hybridized carbons (Fsp3) is 0.400. The second kappa shape index (κ2) is 11.5. The zero-order valence-corrected chi connectivity index (χ0v) is 22.8. The first-order valence-corrected chi connectivity index (χ1v) is 14.3. The molecule has 1 saturated heterocycles. The Balaban J connectivity index is 1.51. The predicted octanol–water partition coefficient (Wildman–Crippen LogP) is 2.97. The smallest absolute Gasteiger partial charge is 0.409 e. The zero-order chi connectivity index (χ0) is 26.6. The van der Waals surface area contributed by atoms with E-state index in [4.69, 9.17) is 4.74 Å². The monoisotopic (exact) mass is 545 g/mol. The molecule has 0 saturated carbocycles. The standard InChI is InChI=1S/C25H31N5O5S2/c1-4-35-25(32)28-14-16-29(17-15-28)37(33,34)20-11-9-19(10-12-20)23(31)30(18-13-27(2)3)24-26-21-7-5-6-8-22(21)36-24/h5-12H,4,13-18H2,1-3H3. The Morgan fingerprint density at radius 1 is 1.00 bits per heavy atom. The Morgan fingerprint density at radius 3 is 2.30 bits per heavy atom. The van der Waals surface area contributed by atoms with E-state index in [9.17, 15) is 18.0 Å². The number of thiazole rings is 1. The lowest BCUT2D eigenvalue weighted by Crippen LogP contribution is -2.50. The van der Waals surface area contributed by atoms with Gasteiger partial charge in [-0.3, -0.25) is 9.69 Å². The summed E-state index contributed by atoms with van der Waals surface area (Å²) < 4.78 is 33.7. The molecule has 0 bridgehead atoms. The summed E-state index contributed by atoms with van der Waals surface area (Å²) in [6.45, 7) is 3.97. The highest BCUT2D eigenvalue weighted by atomic mass is 32.2. The second-order valence-corrected chi connectivity index (χ2v) is 11.8. The van der Waals surface area contributed by atoms with Crippen LogP contribution in [-0.4, -0.2) is 99.5 Å². The van der Waals surface area contributed by atoms with Crippen LogP contribution in [0.4, 0.5) is 9.93 Å². The number of rotatable bonds is 8. The molecule has 0 atom stereocenters. The van der Waals surface area contributed by atoms with Crippen molar-refractivity contribution in [2.45, 2.75) is 11.8 Å². The first-order chi connectivity index (χ1) is 17.7. The molecule has 1 aliphatic rings. The maximum Gasteiger partial charge on any atom is 0.409 e. The van der Waals surface area contributed by atoms with Gasteiger partial charge in [-0.2, -0.15) is 4.31 Å². The van der Waals surface area contributed by atoms with E-state index in [0.717, 1.165) is 10.2 Å². The third-order valence-corrected chi connectivity index (χ3v) is 9.01. The number of anilines is 1. The van der Waals surface area contributed by atoms with Crippen molar-refractivity contribution in [1.82, 2.24) is 19.1 Å². The van der Waals surface area contributed by atoms with Gasteiger partial charge in [0.25, 0.3) is 5.91 Å². The largest absolute Gasteiger partial charge is 0.450 e. The molecule has 2 amide bonds. The molecule has 12 heteroatoms. The molecule has 0 N–H and O–H groups in total. The molecule has 3 aromatic rings. The molecule has 1 fully saturated rings. The number of amides is 2. The highest BCUT2D eigenvalue weighted by molar-refractivity contribution is 7.89. The molecule has 37 heavy (non-hydrogen) atoms. The van der Waals surface area contributed by atoms with E-state index in [1.165, 1.54) is 32.7 Å². The normalized spacial score (nSPS) is 14.8. The molecule has 10 nitrogen and oxygen atoms in total. The summed E-state index contributed by atoms with van der Waals surface area (Å²) in [5.74, 6) is -0.243. The Bertz CT molecular complexity index is 1320. The van der Waals surface area contributed by atoms with Crippen LogP contribution in [0.3, 0.4) is 0 Å². The maximum absolute atomic E-state index is 13.5. The van der Waals surface area contributed by atoms with E-state index >= 15 is 0 Å². The number of hydrogen-bond donors (Lipinski definition) is 0. The van der Waals surface area contributed by atoms with Crippen molar-refractivity contribution in [3.05, 3.63) is 54.1 Å². The number of fused-ring (bicyclic) bond motifs is 1. The zero-order valence-electron chi connectivity index (χ0n) is 21.2. The van der Waals surface area contributed by atoms with Crippen molar-refractivity contribution in [2.24, 2.45) is 0 Å². The average Bonchev–Trinajstić information content (AvgIpc) is 3.32. The highest BCUT2D eigenvalue weighted by Crippen LogP contribution is 2.30. The Hall–Kier alpha value is -3.06. The maximum atomic E-state index is 13.5. The van der Waals surface area contributed by atoms with Crippen molar-refractivity contribution >= 4 is 48.7 Å². The van der Waals surface area contributed by atoms with Gasteiger partial charge in [0, 0.05) is 44.8 Å². The fourth-order valence-corrected chi connectivity index (χ4v) is 6.37. The number of aromatic nitrogens is 1. The lowest BCUT2D eigenvalue weighted by Gasteiger charge is -2.33. The summed E-state index contributed by atoms with van der Waals surface area (Å²) in [5.41, 5.74) is 1.21. The topological polar surface area (TPSA) is 103 Å². The summed E-state index contributed by atoms with van der Waals surface area (Å²) >= 11 is 1.45. The van der Waals surface area contributed by atoms with Crippen LogP contribution in [0, 0.1) is 0 Å². The van der Waals surface area contributed by atoms with E-state index < -0.39 is 16.1 Å². The molecular formula is C25H31N5O5S2. The van der Waals surface area contributed by atoms with E-state index in [2.05, 4.69) is 4.98 Å². The Labute approximate surface area is 221 Å². The van der Waals surface area contributed by atoms with Gasteiger partial charge in [-0.25, -0.2) is 18.2 Å². The first kappa shape index (κ1) is 27.0. The fourth-order valence-electron chi connectivity index (χ4n) is 3.96. The van der Waals surface area contributed by atoms with Crippen molar-refractivity contribution in [3.63, 3.8) is 0 Å². The van der Waals surface area contributed by atoms with Crippen molar-refractivity contribution < 1.29 is 22.7 Å². The van der Waals surface area contributed by atoms with Crippen LogP contribution >= 0.6 is 11.3 Å². The van der Waals surface area contributed by atoms with E-state index in [1.807, 2.05) is 43.3 Å². The molecule has 2 aromatic carbocycles. The van der Waals surface area contributed by atoms with Crippen LogP contribution in [0.15, 0.2) is 53.4 Å². The van der Waals surface area contributed by atoms with Gasteiger partial charge in [-0.05, 0) is 57.4 Å². The van der Waals surface area contributed by atoms with Gasteiger partial charge in [0.05, 0.1) is 21.7 Å². The van der Waals surface area contributed by atoms with Crippen LogP contribution in [0.5, 0.6) is 0 Å². The summed E-state index contributed by atoms with van der Waals surface area (Å²) in [6, 6.07) is 13.7. The number of hydrogen-bond acceptors (Lipinski definition) is 8. The van der Waals surface area contributed by atoms with Crippen molar-refractivity contribution in [1.29, 1.82) is 0 Å². The van der Waals surface area contributed by atoms with E-state index in [1.54, 1.807) is 24.0 Å². The van der Waals surface area contributed by atoms with Crippen LogP contribution in [-0.2, 0) is 14.8 Å². The third-order valence-electron chi connectivity index (χ3n) is 6.03. The number of likely N-dealkylation sites (N-methyl/N-ethyl adjacent to an activating group) is 1. The first-order valence-electron chi connectivity index (χ1n) is 12.0. The van der Waals surface area contributed by atoms with Crippen molar-refractivity contribution in [3.8, 4) is 0 Å². The van der Waals surface area contributed by atoms with Crippen molar-refractivity contribution in [2.75, 3.05) is 64.9 Å². The van der Waals surface area contributed by atoms with E-state index in [-0.39, 0.29) is 43.6 Å². The van der Waals surface area contributed by atoms with Gasteiger partial charge >= 0.3 is 6.09 Å². The molecule has 0 aliphatic carbocycles. The van der Waals surface area contributed by atoms with Gasteiger partial charge in [0.1, 0.15) is 0 Å². The minimum absolute atomic E-state index is 0.105. The number of carbonyl (C=O) groups is 2. The molecule has 4 rings (SSSR count). The minimum Gasteiger partial charge on any atom is -0.450 e. The number of carbonyl (C=O) groups excluding carboxylic acids is 2. The summed E-state index contributed by atoms with van der Waals surface area (Å²) in [4.78, 5) is 35.3. The molecule has 198 valence electrons. The molecule has 0 unspecified atom stereocenters. The van der Waals surface area contributed by atoms with Crippen LogP contribution in [0.25, 0.3) is 10.2 Å². The van der Waals surface area contributed by atoms with Gasteiger partial charge in [-0.1, -0.05) is 23.5 Å². The lowest BCUT2D eigenvalue weighted by molar-refractivity contribution is 0.0933. The SMILES string of the molecule is CCOC(=O)N1CCN(S(=O)(=O)c2ccc(C(=O)N(CCN(C)C)c3nc4ccccc4s3)cc2)CC1. The number of para-hydroxylation sites is 1. The molecule has 1 aliphatic heterocycles. The lowest BCUT2D eigenvalue weighted by atomic mass is 10.2. The number of sulfonamides is 1. The second-order valence-electron chi connectivity index (χ2n) is 8.84. The number of piperazine rings is 1. The molecule has 0 spiro atoms. The third kappa shape index (κ3) is 6.09. The van der Waals surface area contributed by atoms with Gasteiger partial charge in [-0.15, -0.1) is 0 Å². The summed E-state index contributed by atoms with van der Waals surface area (Å²) in [5, 5.41) is 0.601. The molecular weight excluding hydrogens is 514 g/mol. The van der Waals surface area contributed by atoms with Crippen LogP contribution in [0.2, 0.25) is 0 Å². The van der Waals surface area contributed by atoms with Gasteiger partial charge in [0.15, 0.2) is 5.13 Å². The van der Waals surface area contributed by atoms with Gasteiger partial charge in [0.2, 0.25) is 10.0 Å². The number of benzene rings is 2. The molecule has 1 aromatic heterocycles. The van der Waals surface area contributed by atoms with Gasteiger partial charge < -0.3 is 14.5 Å². The van der Waals surface area contributed by atoms with Crippen LogP contribution in [0.1, 0.15) is 17.3 Å². The number of nitrogens with zero attached hydrogens (tertiary/aromatic N) is 5. The quantitative estimate of drug-likeness (QED) is 0.429. The Kier molecular flexibility index (Phi) is 8.42. The number of ether oxygens (including phenoxy) is 1. The predicted molar refractivity (Wildman–Crippen MR) is 144 cm³/mol. The van der Waals surface area contributed by atoms with Crippen LogP contribution < -0.4 is 4.90 Å².